The van der Waals surface area contributed by atoms with Crippen LogP contribution in [0.3, 0.4) is 0 Å². The Balaban J connectivity index is 1.18. The summed E-state index contributed by atoms with van der Waals surface area (Å²) in [6.45, 7) is 0.634. The molecule has 0 N–H and O–H groups in total. The second-order valence-corrected chi connectivity index (χ2v) is 10.1. The van der Waals surface area contributed by atoms with E-state index in [1.165, 1.54) is 18.2 Å². The van der Waals surface area contributed by atoms with E-state index in [0.29, 0.717) is 43.4 Å². The highest BCUT2D eigenvalue weighted by Crippen LogP contribution is 2.40. The Kier molecular flexibility index (Phi) is 7.17. The van der Waals surface area contributed by atoms with Crippen LogP contribution in [0.15, 0.2) is 30.3 Å². The number of epoxide rings is 1. The first-order valence-electron chi connectivity index (χ1n) is 12.6. The SMILES string of the molecule is COC1CCC(c2ccc(OC(=O)C3CCC(c4ccc(C5CO5)cc4F)CC3)c(F)c2F)CC1. The quantitative estimate of drug-likeness (QED) is 0.257. The number of ether oxygens (including phenoxy) is 3. The third kappa shape index (κ3) is 5.26. The number of carbonyl (C=O) groups is 1. The van der Waals surface area contributed by atoms with E-state index in [-0.39, 0.29) is 35.6 Å². The molecule has 2 aromatic rings. The number of halogens is 3. The number of carbonyl (C=O) groups excluding carboxylic acids is 1. The van der Waals surface area contributed by atoms with Gasteiger partial charge in [-0.05, 0) is 92.0 Å². The van der Waals surface area contributed by atoms with Gasteiger partial charge in [-0.2, -0.15) is 4.39 Å². The van der Waals surface area contributed by atoms with Gasteiger partial charge in [0.2, 0.25) is 5.82 Å². The molecule has 0 radical (unpaired) electrons. The Morgan fingerprint density at radius 2 is 1.49 bits per heavy atom. The van der Waals surface area contributed by atoms with E-state index in [1.807, 2.05) is 12.1 Å². The van der Waals surface area contributed by atoms with Gasteiger partial charge >= 0.3 is 5.97 Å². The van der Waals surface area contributed by atoms with Gasteiger partial charge in [0.1, 0.15) is 11.9 Å². The molecule has 3 fully saturated rings. The molecule has 5 rings (SSSR count). The lowest BCUT2D eigenvalue weighted by Gasteiger charge is -2.29. The van der Waals surface area contributed by atoms with Gasteiger partial charge in [0.25, 0.3) is 0 Å². The molecule has 1 aliphatic heterocycles. The maximum absolute atomic E-state index is 14.8. The van der Waals surface area contributed by atoms with Crippen LogP contribution in [0.1, 0.15) is 86.0 Å². The number of hydrogen-bond donors (Lipinski definition) is 0. The minimum Gasteiger partial charge on any atom is -0.423 e. The van der Waals surface area contributed by atoms with E-state index in [0.717, 1.165) is 31.2 Å². The van der Waals surface area contributed by atoms with Gasteiger partial charge < -0.3 is 14.2 Å². The summed E-state index contributed by atoms with van der Waals surface area (Å²) in [5.41, 5.74) is 1.84. The minimum absolute atomic E-state index is 0.00837. The predicted octanol–water partition coefficient (Wildman–Crippen LogP) is 6.73. The van der Waals surface area contributed by atoms with Crippen LogP contribution in [0.4, 0.5) is 13.2 Å². The van der Waals surface area contributed by atoms with Crippen LogP contribution < -0.4 is 4.74 Å². The number of esters is 1. The molecular formula is C28H31F3O4. The smallest absolute Gasteiger partial charge is 0.314 e. The van der Waals surface area contributed by atoms with E-state index >= 15 is 0 Å². The van der Waals surface area contributed by atoms with Gasteiger partial charge in [0.05, 0.1) is 18.6 Å². The molecule has 7 heteroatoms. The molecule has 1 unspecified atom stereocenters. The molecule has 0 spiro atoms. The van der Waals surface area contributed by atoms with Crippen molar-refractivity contribution in [2.24, 2.45) is 5.92 Å². The lowest BCUT2D eigenvalue weighted by atomic mass is 9.78. The van der Waals surface area contributed by atoms with E-state index in [4.69, 9.17) is 14.2 Å². The lowest BCUT2D eigenvalue weighted by Crippen LogP contribution is -2.26. The number of methoxy groups -OCH3 is 1. The molecule has 0 bridgehead atoms. The van der Waals surface area contributed by atoms with E-state index in [1.54, 1.807) is 7.11 Å². The molecule has 2 aliphatic carbocycles. The number of benzene rings is 2. The molecule has 1 saturated heterocycles. The maximum Gasteiger partial charge on any atom is 0.314 e. The molecule has 1 atom stereocenters. The average molecular weight is 489 g/mol. The van der Waals surface area contributed by atoms with Gasteiger partial charge in [-0.25, -0.2) is 8.78 Å². The van der Waals surface area contributed by atoms with E-state index in [9.17, 15) is 18.0 Å². The van der Waals surface area contributed by atoms with Gasteiger partial charge in [-0.15, -0.1) is 0 Å². The fourth-order valence-corrected chi connectivity index (χ4v) is 5.70. The zero-order chi connectivity index (χ0) is 24.5. The van der Waals surface area contributed by atoms with Gasteiger partial charge in [-0.3, -0.25) is 4.79 Å². The Bertz CT molecular complexity index is 1070. The lowest BCUT2D eigenvalue weighted by molar-refractivity contribution is -0.140. The van der Waals surface area contributed by atoms with Crippen molar-refractivity contribution in [2.75, 3.05) is 13.7 Å². The summed E-state index contributed by atoms with van der Waals surface area (Å²) in [7, 11) is 1.67. The van der Waals surface area contributed by atoms with Crippen molar-refractivity contribution >= 4 is 5.97 Å². The topological polar surface area (TPSA) is 48.1 Å². The second-order valence-electron chi connectivity index (χ2n) is 10.1. The molecule has 2 aromatic carbocycles. The van der Waals surface area contributed by atoms with Crippen LogP contribution >= 0.6 is 0 Å². The third-order valence-corrected chi connectivity index (χ3v) is 7.96. The van der Waals surface area contributed by atoms with Gasteiger partial charge in [0, 0.05) is 7.11 Å². The van der Waals surface area contributed by atoms with Crippen LogP contribution in [0.25, 0.3) is 0 Å². The Labute approximate surface area is 203 Å². The van der Waals surface area contributed by atoms with Crippen molar-refractivity contribution in [3.05, 3.63) is 64.5 Å². The maximum atomic E-state index is 14.8. The third-order valence-electron chi connectivity index (χ3n) is 7.96. The average Bonchev–Trinajstić information content (AvgIpc) is 3.73. The summed E-state index contributed by atoms with van der Waals surface area (Å²) < 4.78 is 60.1. The van der Waals surface area contributed by atoms with Crippen molar-refractivity contribution in [3.8, 4) is 5.75 Å². The van der Waals surface area contributed by atoms with Crippen molar-refractivity contribution in [1.82, 2.24) is 0 Å². The Morgan fingerprint density at radius 1 is 0.857 bits per heavy atom. The fraction of sp³-hybridized carbons (Fsp3) is 0.536. The normalized spacial score (nSPS) is 28.5. The Morgan fingerprint density at radius 3 is 2.11 bits per heavy atom. The summed E-state index contributed by atoms with van der Waals surface area (Å²) in [6.07, 6.45) is 5.56. The molecule has 35 heavy (non-hydrogen) atoms. The van der Waals surface area contributed by atoms with Crippen molar-refractivity contribution < 1.29 is 32.2 Å². The van der Waals surface area contributed by atoms with Crippen LogP contribution in [0.2, 0.25) is 0 Å². The number of rotatable bonds is 6. The van der Waals surface area contributed by atoms with Gasteiger partial charge in [0.15, 0.2) is 11.6 Å². The van der Waals surface area contributed by atoms with Crippen molar-refractivity contribution in [3.63, 3.8) is 0 Å². The van der Waals surface area contributed by atoms with E-state index in [2.05, 4.69) is 0 Å². The number of hydrogen-bond acceptors (Lipinski definition) is 4. The second kappa shape index (κ2) is 10.3. The molecule has 4 nitrogen and oxygen atoms in total. The first-order valence-corrected chi connectivity index (χ1v) is 12.6. The molecule has 0 aromatic heterocycles. The highest BCUT2D eigenvalue weighted by molar-refractivity contribution is 5.75. The highest BCUT2D eigenvalue weighted by Gasteiger charge is 2.32. The summed E-state index contributed by atoms with van der Waals surface area (Å²) >= 11 is 0. The zero-order valence-corrected chi connectivity index (χ0v) is 19.9. The van der Waals surface area contributed by atoms with Crippen LogP contribution in [-0.2, 0) is 14.3 Å². The monoisotopic (exact) mass is 488 g/mol. The minimum atomic E-state index is -1.11. The van der Waals surface area contributed by atoms with E-state index < -0.39 is 23.5 Å². The molecule has 0 amide bonds. The molecule has 3 aliphatic rings. The first-order chi connectivity index (χ1) is 16.9. The molecule has 188 valence electrons. The molecule has 1 heterocycles. The zero-order valence-electron chi connectivity index (χ0n) is 19.9. The highest BCUT2D eigenvalue weighted by atomic mass is 19.2. The fourth-order valence-electron chi connectivity index (χ4n) is 5.70. The summed E-state index contributed by atoms with van der Waals surface area (Å²) in [5.74, 6) is -3.67. The summed E-state index contributed by atoms with van der Waals surface area (Å²) in [4.78, 5) is 12.7. The Hall–Kier alpha value is -2.38. The van der Waals surface area contributed by atoms with Crippen LogP contribution in [-0.4, -0.2) is 25.8 Å². The first kappa shape index (κ1) is 24.3. The predicted molar refractivity (Wildman–Crippen MR) is 124 cm³/mol. The summed E-state index contributed by atoms with van der Waals surface area (Å²) in [6, 6.07) is 8.16. The van der Waals surface area contributed by atoms with Crippen molar-refractivity contribution in [2.45, 2.75) is 75.4 Å². The van der Waals surface area contributed by atoms with Crippen LogP contribution in [0, 0.1) is 23.4 Å². The summed E-state index contributed by atoms with van der Waals surface area (Å²) in [5, 5.41) is 0. The largest absolute Gasteiger partial charge is 0.423 e. The van der Waals surface area contributed by atoms with Crippen molar-refractivity contribution in [1.29, 1.82) is 0 Å². The van der Waals surface area contributed by atoms with Crippen LogP contribution in [0.5, 0.6) is 5.75 Å². The van der Waals surface area contributed by atoms with Gasteiger partial charge in [-0.1, -0.05) is 18.2 Å². The standard InChI is InChI=1S/C28H31F3O4/c1-33-20-9-6-17(7-10-20)22-12-13-24(27(31)26(22)30)35-28(32)18-4-2-16(3-5-18)21-11-8-19(14-23(21)29)25-15-34-25/h8,11-14,16-18,20,25H,2-7,9-10,15H2,1H3. The molecule has 2 saturated carbocycles. The molecular weight excluding hydrogens is 457 g/mol.